The van der Waals surface area contributed by atoms with E-state index in [1.807, 2.05) is 13.0 Å². The van der Waals surface area contributed by atoms with Crippen molar-refractivity contribution in [1.29, 1.82) is 0 Å². The van der Waals surface area contributed by atoms with E-state index in [-0.39, 0.29) is 0 Å². The van der Waals surface area contributed by atoms with Crippen molar-refractivity contribution in [2.24, 2.45) is 0 Å². The SMILES string of the molecule is CCC1CO1.Cc1cc(C(=O)O)cc(C(C)C)c1. The van der Waals surface area contributed by atoms with Crippen molar-refractivity contribution in [1.82, 2.24) is 0 Å². The van der Waals surface area contributed by atoms with Crippen molar-refractivity contribution in [3.63, 3.8) is 0 Å². The molecule has 0 bridgehead atoms. The lowest BCUT2D eigenvalue weighted by molar-refractivity contribution is 0.0696. The van der Waals surface area contributed by atoms with Gasteiger partial charge in [-0.15, -0.1) is 0 Å². The number of carboxylic acid groups (broad SMARTS) is 1. The summed E-state index contributed by atoms with van der Waals surface area (Å²) in [5, 5.41) is 8.82. The number of aromatic carboxylic acids is 1. The molecule has 1 heterocycles. The monoisotopic (exact) mass is 250 g/mol. The van der Waals surface area contributed by atoms with Gasteiger partial charge in [0.15, 0.2) is 0 Å². The first-order chi connectivity index (χ1) is 8.43. The van der Waals surface area contributed by atoms with Crippen LogP contribution in [0.1, 0.15) is 54.6 Å². The summed E-state index contributed by atoms with van der Waals surface area (Å²) in [5.41, 5.74) is 2.46. The van der Waals surface area contributed by atoms with Gasteiger partial charge in [0.2, 0.25) is 0 Å². The summed E-state index contributed by atoms with van der Waals surface area (Å²) < 4.78 is 4.86. The van der Waals surface area contributed by atoms with Gasteiger partial charge in [0.05, 0.1) is 18.3 Å². The number of benzene rings is 1. The molecule has 0 radical (unpaired) electrons. The van der Waals surface area contributed by atoms with Crippen molar-refractivity contribution in [3.8, 4) is 0 Å². The molecule has 1 unspecified atom stereocenters. The summed E-state index contributed by atoms with van der Waals surface area (Å²) in [4.78, 5) is 10.7. The molecule has 1 fully saturated rings. The van der Waals surface area contributed by atoms with Crippen molar-refractivity contribution in [2.75, 3.05) is 6.61 Å². The van der Waals surface area contributed by atoms with Gasteiger partial charge in [-0.3, -0.25) is 0 Å². The number of hydrogen-bond donors (Lipinski definition) is 1. The fourth-order valence-electron chi connectivity index (χ4n) is 1.57. The number of rotatable bonds is 3. The van der Waals surface area contributed by atoms with E-state index in [2.05, 4.69) is 20.8 Å². The van der Waals surface area contributed by atoms with Crippen LogP contribution >= 0.6 is 0 Å². The van der Waals surface area contributed by atoms with Crippen LogP contribution in [0.5, 0.6) is 0 Å². The Hall–Kier alpha value is -1.35. The van der Waals surface area contributed by atoms with Crippen molar-refractivity contribution in [2.45, 2.75) is 46.1 Å². The summed E-state index contributed by atoms with van der Waals surface area (Å²) in [6.45, 7) is 9.17. The molecule has 0 amide bonds. The topological polar surface area (TPSA) is 49.8 Å². The summed E-state index contributed by atoms with van der Waals surface area (Å²) in [6, 6.07) is 5.45. The van der Waals surface area contributed by atoms with Gasteiger partial charge in [0.25, 0.3) is 0 Å². The van der Waals surface area contributed by atoms with Crippen LogP contribution in [0, 0.1) is 6.92 Å². The third kappa shape index (κ3) is 4.88. The minimum atomic E-state index is -0.856. The minimum Gasteiger partial charge on any atom is -0.478 e. The Balaban J connectivity index is 0.000000269. The Bertz CT molecular complexity index is 406. The number of hydrogen-bond acceptors (Lipinski definition) is 2. The zero-order valence-electron chi connectivity index (χ0n) is 11.6. The average Bonchev–Trinajstić information content (AvgIpc) is 3.12. The fourth-order valence-corrected chi connectivity index (χ4v) is 1.57. The molecule has 0 aromatic heterocycles. The Morgan fingerprint density at radius 3 is 2.39 bits per heavy atom. The first-order valence-electron chi connectivity index (χ1n) is 6.40. The lowest BCUT2D eigenvalue weighted by Gasteiger charge is -2.07. The van der Waals surface area contributed by atoms with Gasteiger partial charge in [-0.2, -0.15) is 0 Å². The smallest absolute Gasteiger partial charge is 0.335 e. The molecule has 1 aromatic carbocycles. The second-order valence-electron chi connectivity index (χ2n) is 4.96. The number of epoxide rings is 1. The zero-order chi connectivity index (χ0) is 13.7. The van der Waals surface area contributed by atoms with Crippen molar-refractivity contribution >= 4 is 5.97 Å². The van der Waals surface area contributed by atoms with E-state index in [4.69, 9.17) is 9.84 Å². The Morgan fingerprint density at radius 2 is 2.06 bits per heavy atom. The molecule has 100 valence electrons. The van der Waals surface area contributed by atoms with Gasteiger partial charge < -0.3 is 9.84 Å². The number of carbonyl (C=O) groups is 1. The molecule has 2 rings (SSSR count). The van der Waals surface area contributed by atoms with Crippen LogP contribution in [0.25, 0.3) is 0 Å². The van der Waals surface area contributed by atoms with Gasteiger partial charge in [-0.25, -0.2) is 4.79 Å². The maximum Gasteiger partial charge on any atom is 0.335 e. The fraction of sp³-hybridized carbons (Fsp3) is 0.533. The molecule has 1 N–H and O–H groups in total. The van der Waals surface area contributed by atoms with Crippen LogP contribution < -0.4 is 0 Å². The van der Waals surface area contributed by atoms with E-state index in [0.29, 0.717) is 17.6 Å². The highest BCUT2D eigenvalue weighted by molar-refractivity contribution is 5.88. The van der Waals surface area contributed by atoms with Crippen LogP contribution in [0.15, 0.2) is 18.2 Å². The Morgan fingerprint density at radius 1 is 1.44 bits per heavy atom. The van der Waals surface area contributed by atoms with Gasteiger partial charge in [0, 0.05) is 0 Å². The predicted molar refractivity (Wildman–Crippen MR) is 72.3 cm³/mol. The molecular formula is C15H22O3. The zero-order valence-corrected chi connectivity index (χ0v) is 11.6. The lowest BCUT2D eigenvalue weighted by Crippen LogP contribution is -1.99. The largest absolute Gasteiger partial charge is 0.478 e. The van der Waals surface area contributed by atoms with Crippen LogP contribution in [-0.2, 0) is 4.74 Å². The standard InChI is InChI=1S/C11H14O2.C4H8O/c1-7(2)9-4-8(3)5-10(6-9)11(12)13;1-2-4-3-5-4/h4-7H,1-3H3,(H,12,13);4H,2-3H2,1H3. The molecule has 1 saturated heterocycles. The van der Waals surface area contributed by atoms with Gasteiger partial charge in [-0.1, -0.05) is 26.8 Å². The highest BCUT2D eigenvalue weighted by atomic mass is 16.6. The maximum atomic E-state index is 10.7. The molecule has 1 atom stereocenters. The van der Waals surface area contributed by atoms with E-state index in [0.717, 1.165) is 17.7 Å². The number of ether oxygens (including phenoxy) is 1. The number of carboxylic acids is 1. The predicted octanol–water partition coefficient (Wildman–Crippen LogP) is 3.61. The normalized spacial score (nSPS) is 17.1. The van der Waals surface area contributed by atoms with E-state index >= 15 is 0 Å². The minimum absolute atomic E-state index is 0.373. The van der Waals surface area contributed by atoms with E-state index in [1.165, 1.54) is 6.42 Å². The van der Waals surface area contributed by atoms with Crippen LogP contribution in [0.4, 0.5) is 0 Å². The third-order valence-corrected chi connectivity index (χ3v) is 2.87. The number of aryl methyl sites for hydroxylation is 1. The molecule has 3 heteroatoms. The van der Waals surface area contributed by atoms with Crippen LogP contribution in [-0.4, -0.2) is 23.8 Å². The summed E-state index contributed by atoms with van der Waals surface area (Å²) >= 11 is 0. The third-order valence-electron chi connectivity index (χ3n) is 2.87. The summed E-state index contributed by atoms with van der Waals surface area (Å²) in [6.07, 6.45) is 1.83. The first-order valence-corrected chi connectivity index (χ1v) is 6.40. The highest BCUT2D eigenvalue weighted by Gasteiger charge is 2.18. The Labute approximate surface area is 109 Å². The quantitative estimate of drug-likeness (QED) is 0.834. The van der Waals surface area contributed by atoms with Gasteiger partial charge in [-0.05, 0) is 42.5 Å². The van der Waals surface area contributed by atoms with Crippen LogP contribution in [0.2, 0.25) is 0 Å². The lowest BCUT2D eigenvalue weighted by atomic mass is 9.98. The average molecular weight is 250 g/mol. The van der Waals surface area contributed by atoms with Crippen molar-refractivity contribution < 1.29 is 14.6 Å². The molecule has 3 nitrogen and oxygen atoms in total. The molecule has 1 aliphatic heterocycles. The summed E-state index contributed by atoms with van der Waals surface area (Å²) in [7, 11) is 0. The molecule has 0 aliphatic carbocycles. The van der Waals surface area contributed by atoms with Gasteiger partial charge in [0.1, 0.15) is 0 Å². The molecule has 0 saturated carbocycles. The van der Waals surface area contributed by atoms with Crippen molar-refractivity contribution in [3.05, 3.63) is 34.9 Å². The molecule has 1 aromatic rings. The van der Waals surface area contributed by atoms with Crippen LogP contribution in [0.3, 0.4) is 0 Å². The first kappa shape index (κ1) is 14.7. The molecule has 18 heavy (non-hydrogen) atoms. The highest BCUT2D eigenvalue weighted by Crippen LogP contribution is 2.18. The molecule has 0 spiro atoms. The summed E-state index contributed by atoms with van der Waals surface area (Å²) in [5.74, 6) is -0.483. The molecular weight excluding hydrogens is 228 g/mol. The van der Waals surface area contributed by atoms with Gasteiger partial charge >= 0.3 is 5.97 Å². The van der Waals surface area contributed by atoms with E-state index in [9.17, 15) is 4.79 Å². The molecule has 1 aliphatic rings. The maximum absolute atomic E-state index is 10.7. The van der Waals surface area contributed by atoms with E-state index in [1.54, 1.807) is 12.1 Å². The second kappa shape index (κ2) is 6.55. The Kier molecular flexibility index (Phi) is 5.35. The van der Waals surface area contributed by atoms with E-state index < -0.39 is 5.97 Å². The second-order valence-corrected chi connectivity index (χ2v) is 4.96.